The van der Waals surface area contributed by atoms with Crippen LogP contribution in [0.2, 0.25) is 0 Å². The third-order valence-electron chi connectivity index (χ3n) is 13.7. The number of alkyl halides is 1. The van der Waals surface area contributed by atoms with E-state index in [0.717, 1.165) is 109 Å². The van der Waals surface area contributed by atoms with Gasteiger partial charge < -0.3 is 31.5 Å². The van der Waals surface area contributed by atoms with Crippen molar-refractivity contribution in [2.45, 2.75) is 193 Å². The molecule has 2 N–H and O–H groups in total. The number of nitrogens with one attached hydrogen (secondary N) is 2. The molecule has 0 aliphatic carbocycles. The fraction of sp³-hybridized carbons (Fsp3) is 0.478. The molecule has 26 heteroatoms. The highest BCUT2D eigenvalue weighted by molar-refractivity contribution is 14.1. The van der Waals surface area contributed by atoms with E-state index in [1.165, 1.54) is 0 Å². The smallest absolute Gasteiger partial charge is 0.307 e. The highest BCUT2D eigenvalue weighted by atomic mass is 127. The number of hydrogen-bond donors (Lipinski definition) is 2. The molecule has 0 radical (unpaired) electrons. The van der Waals surface area contributed by atoms with Crippen molar-refractivity contribution in [1.82, 2.24) is 39.5 Å². The Morgan fingerprint density at radius 2 is 0.674 bits per heavy atom. The van der Waals surface area contributed by atoms with Crippen molar-refractivity contribution in [3.63, 3.8) is 0 Å². The number of nitrogens with zero attached hydrogens (tertiary/aromatic N) is 6. The van der Waals surface area contributed by atoms with Crippen molar-refractivity contribution in [2.75, 3.05) is 23.7 Å². The average molecular weight is 1490 g/mol. The summed E-state index contributed by atoms with van der Waals surface area (Å²) < 4.78 is 112. The van der Waals surface area contributed by atoms with Gasteiger partial charge in [-0.05, 0) is 200 Å². The molecule has 22 nitrogen and oxygen atoms in total. The molecule has 4 heterocycles. The molecule has 0 atom stereocenters. The number of aromatic nitrogens is 8. The SMILES string of the molecule is CI.Cc1[nH]nc(OS(C)(=O)=O)c1Cc1ccc(OC(C)C)cc1.Cc1c(Cc2ccc(OC(C)C)cc2)c(=O)[nH]n1C(C)C.Cc1c(Cc2ccc(OC(C)C)cc2)c(OS(C)(=O)=O)nn1C(C)C.Cc1c(Cc2ccc(OC(C)C)cc2)c(OS(C)(=O)=O)nn1C(C)C. The van der Waals surface area contributed by atoms with Crippen LogP contribution in [0.1, 0.15) is 182 Å². The van der Waals surface area contributed by atoms with Crippen molar-refractivity contribution >= 4 is 52.9 Å². The van der Waals surface area contributed by atoms with E-state index >= 15 is 0 Å². The standard InChI is InChI=1S/2C18H26N2O4S.C17H24N2O2.C15H20N2O4S.CH3I/c2*1-12(2)20-14(5)17(18(19-20)24-25(6,21)22)11-15-7-9-16(10-8-15)23-13(3)4;1-11(2)19-13(5)16(17(20)18-19)10-14-6-8-15(9-7-14)21-12(3)4;1-10(2)20-13-7-5-12(6-8-13)9-14-11(3)16-17-15(14)21-22(4,18)19;1-2/h2*7-10,12-13H,11H2,1-6H3;6-9,11-12H,10H2,1-5H3,(H,18,20);5-8,10H,9H2,1-4H3,(H,16,17);1H3. The molecule has 0 bridgehead atoms. The predicted octanol–water partition coefficient (Wildman–Crippen LogP) is 13.9. The monoisotopic (exact) mass is 1490 g/mol. The number of benzene rings is 4. The van der Waals surface area contributed by atoms with Gasteiger partial charge in [-0.1, -0.05) is 71.1 Å². The van der Waals surface area contributed by atoms with Crippen molar-refractivity contribution in [3.05, 3.63) is 175 Å². The van der Waals surface area contributed by atoms with Gasteiger partial charge >= 0.3 is 30.4 Å². The summed E-state index contributed by atoms with van der Waals surface area (Å²) in [6.45, 7) is 35.6. The van der Waals surface area contributed by atoms with Crippen LogP contribution in [0.5, 0.6) is 40.6 Å². The number of hydrogen-bond acceptors (Lipinski definition) is 17. The Morgan fingerprint density at radius 3 is 0.926 bits per heavy atom. The van der Waals surface area contributed by atoms with E-state index in [4.69, 9.17) is 31.5 Å². The van der Waals surface area contributed by atoms with E-state index in [-0.39, 0.29) is 65.7 Å². The first-order valence-electron chi connectivity index (χ1n) is 31.3. The van der Waals surface area contributed by atoms with Crippen LogP contribution in [0.25, 0.3) is 0 Å². The molecule has 524 valence electrons. The lowest BCUT2D eigenvalue weighted by molar-refractivity contribution is 0.242. The first-order chi connectivity index (χ1) is 44.3. The summed E-state index contributed by atoms with van der Waals surface area (Å²) in [6, 6.07) is 31.6. The topological polar surface area (TPSA) is 269 Å². The number of H-pyrrole nitrogens is 2. The summed E-state index contributed by atoms with van der Waals surface area (Å²) in [4.78, 5) is 14.1. The summed E-state index contributed by atoms with van der Waals surface area (Å²) >= 11 is 2.15. The fourth-order valence-electron chi connectivity index (χ4n) is 9.68. The van der Waals surface area contributed by atoms with Gasteiger partial charge in [0.25, 0.3) is 23.2 Å². The summed E-state index contributed by atoms with van der Waals surface area (Å²) in [5.41, 5.74) is 10.9. The van der Waals surface area contributed by atoms with Crippen molar-refractivity contribution in [2.24, 2.45) is 0 Å². The molecule has 0 fully saturated rings. The molecule has 0 saturated heterocycles. The van der Waals surface area contributed by atoms with Gasteiger partial charge in [-0.15, -0.1) is 15.3 Å². The van der Waals surface area contributed by atoms with Crippen molar-refractivity contribution in [1.29, 1.82) is 0 Å². The zero-order chi connectivity index (χ0) is 71.4. The molecule has 0 aliphatic rings. The van der Waals surface area contributed by atoms with Crippen LogP contribution in [-0.4, -0.2) is 113 Å². The Labute approximate surface area is 577 Å². The van der Waals surface area contributed by atoms with Gasteiger partial charge in [-0.2, -0.15) is 25.3 Å². The van der Waals surface area contributed by atoms with E-state index in [1.807, 2.05) is 217 Å². The second-order valence-corrected chi connectivity index (χ2v) is 29.5. The van der Waals surface area contributed by atoms with Gasteiger partial charge in [0.2, 0.25) is 0 Å². The zero-order valence-corrected chi connectivity index (χ0v) is 63.7. The van der Waals surface area contributed by atoms with E-state index in [2.05, 4.69) is 61.9 Å². The second kappa shape index (κ2) is 36.2. The Bertz CT molecular complexity index is 3950. The van der Waals surface area contributed by atoms with Crippen molar-refractivity contribution in [3.8, 4) is 40.6 Å². The Kier molecular flexibility index (Phi) is 30.5. The average Bonchev–Trinajstić information content (AvgIpc) is 1.69. The minimum atomic E-state index is -3.64. The maximum absolute atomic E-state index is 12.1. The largest absolute Gasteiger partial charge is 0.491 e. The number of ether oxygens (including phenoxy) is 4. The highest BCUT2D eigenvalue weighted by Crippen LogP contribution is 2.31. The third-order valence-corrected chi connectivity index (χ3v) is 15.1. The van der Waals surface area contributed by atoms with E-state index < -0.39 is 30.4 Å². The summed E-state index contributed by atoms with van der Waals surface area (Å²) in [5.74, 6) is 3.67. The molecule has 0 amide bonds. The quantitative estimate of drug-likeness (QED) is 0.0306. The zero-order valence-electron chi connectivity index (χ0n) is 59.1. The lowest BCUT2D eigenvalue weighted by Gasteiger charge is -2.11. The molecule has 0 aliphatic heterocycles. The van der Waals surface area contributed by atoms with E-state index in [9.17, 15) is 30.0 Å². The number of aromatic amines is 2. The first-order valence-corrected chi connectivity index (χ1v) is 38.9. The van der Waals surface area contributed by atoms with Crippen LogP contribution in [0.15, 0.2) is 102 Å². The lowest BCUT2D eigenvalue weighted by atomic mass is 10.1. The van der Waals surface area contributed by atoms with Gasteiger partial charge in [0.15, 0.2) is 0 Å². The molecule has 4 aromatic heterocycles. The van der Waals surface area contributed by atoms with Crippen LogP contribution in [0, 0.1) is 27.7 Å². The van der Waals surface area contributed by atoms with Gasteiger partial charge in [0, 0.05) is 88.8 Å². The summed E-state index contributed by atoms with van der Waals surface area (Å²) in [7, 11) is -10.9. The van der Waals surface area contributed by atoms with Crippen LogP contribution in [0.4, 0.5) is 0 Å². The molecular formula is C69H99IN8O14S3. The van der Waals surface area contributed by atoms with E-state index in [0.29, 0.717) is 25.7 Å². The van der Waals surface area contributed by atoms with E-state index in [1.54, 1.807) is 9.36 Å². The third kappa shape index (κ3) is 26.7. The Morgan fingerprint density at radius 1 is 0.400 bits per heavy atom. The number of aryl methyl sites for hydroxylation is 1. The minimum Gasteiger partial charge on any atom is -0.491 e. The minimum absolute atomic E-state index is 0.00343. The molecule has 4 aromatic carbocycles. The van der Waals surface area contributed by atoms with Gasteiger partial charge in [-0.3, -0.25) is 29.0 Å². The van der Waals surface area contributed by atoms with Crippen LogP contribution < -0.4 is 37.1 Å². The lowest BCUT2D eigenvalue weighted by Crippen LogP contribution is -2.09. The van der Waals surface area contributed by atoms with Gasteiger partial charge in [0.1, 0.15) is 23.0 Å². The molecule has 8 rings (SSSR count). The maximum Gasteiger partial charge on any atom is 0.307 e. The maximum atomic E-state index is 12.1. The molecule has 0 spiro atoms. The normalized spacial score (nSPS) is 11.6. The predicted molar refractivity (Wildman–Crippen MR) is 385 cm³/mol. The number of rotatable bonds is 25. The molecule has 0 unspecified atom stereocenters. The molecule has 8 aromatic rings. The molecule has 95 heavy (non-hydrogen) atoms. The molecule has 0 saturated carbocycles. The van der Waals surface area contributed by atoms with Gasteiger partial charge in [-0.25, -0.2) is 0 Å². The fourth-order valence-corrected chi connectivity index (χ4v) is 10.9. The number of halogens is 1. The van der Waals surface area contributed by atoms with Crippen LogP contribution >= 0.6 is 22.6 Å². The second-order valence-electron chi connectivity index (χ2n) is 24.7. The van der Waals surface area contributed by atoms with Crippen LogP contribution in [0.3, 0.4) is 0 Å². The Hall–Kier alpha value is -7.30. The highest BCUT2D eigenvalue weighted by Gasteiger charge is 2.24. The first kappa shape index (κ1) is 80.1. The van der Waals surface area contributed by atoms with Gasteiger partial charge in [0.05, 0.1) is 43.2 Å². The van der Waals surface area contributed by atoms with Crippen LogP contribution in [-0.2, 0) is 56.0 Å². The van der Waals surface area contributed by atoms with Crippen molar-refractivity contribution < 1.29 is 56.8 Å². The summed E-state index contributed by atoms with van der Waals surface area (Å²) in [5, 5.41) is 18.2. The molecular weight excluding hydrogens is 1390 g/mol. The summed E-state index contributed by atoms with van der Waals surface area (Å²) in [6.07, 6.45) is 5.81. The Balaban J connectivity index is 0.000000268.